The summed E-state index contributed by atoms with van der Waals surface area (Å²) in [5.74, 6) is 2.74. The van der Waals surface area contributed by atoms with E-state index in [4.69, 9.17) is 4.42 Å². The molecule has 0 radical (unpaired) electrons. The molecule has 0 spiro atoms. The molecule has 0 aliphatic heterocycles. The zero-order valence-electron chi connectivity index (χ0n) is 18.4. The van der Waals surface area contributed by atoms with Crippen molar-refractivity contribution in [3.63, 3.8) is 0 Å². The summed E-state index contributed by atoms with van der Waals surface area (Å²) in [4.78, 5) is 6.58. The predicted molar refractivity (Wildman–Crippen MR) is 133 cm³/mol. The van der Waals surface area contributed by atoms with E-state index >= 15 is 0 Å². The van der Waals surface area contributed by atoms with E-state index in [0.29, 0.717) is 6.54 Å². The summed E-state index contributed by atoms with van der Waals surface area (Å²) in [7, 11) is 3.89. The summed E-state index contributed by atoms with van der Waals surface area (Å²) in [5, 5.41) is 14.9. The zero-order valence-corrected chi connectivity index (χ0v) is 20.7. The molecule has 0 atom stereocenters. The van der Waals surface area contributed by atoms with E-state index in [-0.39, 0.29) is 24.0 Å². The highest BCUT2D eigenvalue weighted by atomic mass is 127. The molecule has 0 fully saturated rings. The van der Waals surface area contributed by atoms with Crippen molar-refractivity contribution in [2.45, 2.75) is 39.5 Å². The molecular formula is C22H32IN7O. The van der Waals surface area contributed by atoms with Crippen LogP contribution in [0.2, 0.25) is 0 Å². The average Bonchev–Trinajstić information content (AvgIpc) is 3.43. The number of aryl methyl sites for hydroxylation is 1. The molecule has 0 aliphatic carbocycles. The van der Waals surface area contributed by atoms with Crippen LogP contribution in [-0.4, -0.2) is 46.3 Å². The molecule has 0 saturated carbocycles. The van der Waals surface area contributed by atoms with Crippen molar-refractivity contribution in [3.8, 4) is 0 Å². The largest absolute Gasteiger partial charge is 0.468 e. The summed E-state index contributed by atoms with van der Waals surface area (Å²) in [5.41, 5.74) is 2.53. The van der Waals surface area contributed by atoms with Gasteiger partial charge in [-0.3, -0.25) is 9.89 Å². The molecule has 8 nitrogen and oxygen atoms in total. The first kappa shape index (κ1) is 24.9. The van der Waals surface area contributed by atoms with Crippen molar-refractivity contribution in [2.75, 3.05) is 20.6 Å². The molecule has 9 heteroatoms. The lowest BCUT2D eigenvalue weighted by Gasteiger charge is -2.19. The second-order valence-electron chi connectivity index (χ2n) is 7.17. The van der Waals surface area contributed by atoms with Crippen LogP contribution in [0.5, 0.6) is 0 Å². The van der Waals surface area contributed by atoms with E-state index in [1.54, 1.807) is 19.6 Å². The maximum Gasteiger partial charge on any atom is 0.191 e. The second kappa shape index (κ2) is 13.1. The Bertz CT molecular complexity index is 924. The zero-order chi connectivity index (χ0) is 21.2. The highest BCUT2D eigenvalue weighted by Crippen LogP contribution is 2.13. The van der Waals surface area contributed by atoms with Gasteiger partial charge in [0.1, 0.15) is 17.9 Å². The van der Waals surface area contributed by atoms with Gasteiger partial charge in [0.05, 0.1) is 12.8 Å². The number of halogens is 1. The number of hydrogen-bond donors (Lipinski definition) is 2. The van der Waals surface area contributed by atoms with E-state index in [1.807, 2.05) is 12.1 Å². The smallest absolute Gasteiger partial charge is 0.191 e. The highest BCUT2D eigenvalue weighted by molar-refractivity contribution is 14.0. The quantitative estimate of drug-likeness (QED) is 0.235. The first-order valence-electron chi connectivity index (χ1n) is 10.3. The summed E-state index contributed by atoms with van der Waals surface area (Å²) in [6.07, 6.45) is 4.36. The molecule has 0 aliphatic rings. The van der Waals surface area contributed by atoms with E-state index in [1.165, 1.54) is 11.1 Å². The Morgan fingerprint density at radius 1 is 1.13 bits per heavy atom. The number of aliphatic imine (C=N–C) groups is 1. The maximum absolute atomic E-state index is 5.46. The Morgan fingerprint density at radius 2 is 1.94 bits per heavy atom. The molecule has 2 heterocycles. The van der Waals surface area contributed by atoms with Gasteiger partial charge in [0.15, 0.2) is 5.96 Å². The van der Waals surface area contributed by atoms with Gasteiger partial charge < -0.3 is 19.6 Å². The summed E-state index contributed by atoms with van der Waals surface area (Å²) in [6, 6.07) is 12.4. The van der Waals surface area contributed by atoms with Crippen LogP contribution in [-0.2, 0) is 32.6 Å². The lowest BCUT2D eigenvalue weighted by molar-refractivity contribution is 0.287. The molecule has 1 aromatic carbocycles. The number of hydrogen-bond acceptors (Lipinski definition) is 5. The number of rotatable bonds is 10. The van der Waals surface area contributed by atoms with Crippen molar-refractivity contribution >= 4 is 29.9 Å². The molecule has 0 saturated heterocycles. The van der Waals surface area contributed by atoms with Gasteiger partial charge in [0.25, 0.3) is 0 Å². The number of furan rings is 1. The third-order valence-corrected chi connectivity index (χ3v) is 4.89. The summed E-state index contributed by atoms with van der Waals surface area (Å²) in [6.45, 7) is 5.96. The van der Waals surface area contributed by atoms with Gasteiger partial charge in [-0.15, -0.1) is 34.2 Å². The van der Waals surface area contributed by atoms with Crippen LogP contribution in [0.4, 0.5) is 0 Å². The van der Waals surface area contributed by atoms with Crippen LogP contribution in [0, 0.1) is 0 Å². The van der Waals surface area contributed by atoms with Crippen LogP contribution in [0.1, 0.15) is 29.6 Å². The summed E-state index contributed by atoms with van der Waals surface area (Å²) < 4.78 is 7.52. The van der Waals surface area contributed by atoms with Crippen molar-refractivity contribution in [1.29, 1.82) is 0 Å². The molecule has 3 rings (SSSR count). The molecule has 0 bridgehead atoms. The number of guanidine groups is 1. The lowest BCUT2D eigenvalue weighted by Crippen LogP contribution is -2.38. The van der Waals surface area contributed by atoms with Gasteiger partial charge in [-0.2, -0.15) is 0 Å². The van der Waals surface area contributed by atoms with Crippen LogP contribution < -0.4 is 10.6 Å². The highest BCUT2D eigenvalue weighted by Gasteiger charge is 2.08. The van der Waals surface area contributed by atoms with Gasteiger partial charge in [0, 0.05) is 39.6 Å². The SMILES string of the molecule is CCc1nncn1CCNC(=NC)NCc1ccccc1CN(C)Cc1ccco1.I. The minimum atomic E-state index is 0. The van der Waals surface area contributed by atoms with Gasteiger partial charge in [-0.1, -0.05) is 31.2 Å². The van der Waals surface area contributed by atoms with E-state index in [0.717, 1.165) is 50.1 Å². The first-order chi connectivity index (χ1) is 14.7. The molecule has 0 unspecified atom stereocenters. The normalized spacial score (nSPS) is 11.4. The van der Waals surface area contributed by atoms with Crippen molar-refractivity contribution < 1.29 is 4.42 Å². The number of nitrogens with zero attached hydrogens (tertiary/aromatic N) is 5. The first-order valence-corrected chi connectivity index (χ1v) is 10.3. The molecular weight excluding hydrogens is 505 g/mol. The van der Waals surface area contributed by atoms with E-state index in [9.17, 15) is 0 Å². The lowest BCUT2D eigenvalue weighted by atomic mass is 10.1. The minimum Gasteiger partial charge on any atom is -0.468 e. The van der Waals surface area contributed by atoms with Gasteiger partial charge >= 0.3 is 0 Å². The minimum absolute atomic E-state index is 0. The average molecular weight is 537 g/mol. The fourth-order valence-electron chi connectivity index (χ4n) is 3.33. The monoisotopic (exact) mass is 537 g/mol. The molecule has 31 heavy (non-hydrogen) atoms. The Morgan fingerprint density at radius 3 is 2.65 bits per heavy atom. The van der Waals surface area contributed by atoms with E-state index in [2.05, 4.69) is 73.5 Å². The molecule has 2 N–H and O–H groups in total. The van der Waals surface area contributed by atoms with Crippen LogP contribution >= 0.6 is 24.0 Å². The van der Waals surface area contributed by atoms with Crippen molar-refractivity contribution in [3.05, 3.63) is 71.7 Å². The Labute approximate surface area is 201 Å². The Balaban J connectivity index is 0.00000341. The molecule has 3 aromatic rings. The fraction of sp³-hybridized carbons (Fsp3) is 0.409. The van der Waals surface area contributed by atoms with E-state index < -0.39 is 0 Å². The standard InChI is InChI=1S/C22H31N7O.HI/c1-4-21-27-26-17-29(21)12-11-24-22(23-2)25-14-18-8-5-6-9-19(18)15-28(3)16-20-10-7-13-30-20;/h5-10,13,17H,4,11-12,14-16H2,1-3H3,(H2,23,24,25);1H. The van der Waals surface area contributed by atoms with Crippen LogP contribution in [0.15, 0.2) is 58.4 Å². The van der Waals surface area contributed by atoms with Crippen molar-refractivity contribution in [1.82, 2.24) is 30.3 Å². The topological polar surface area (TPSA) is 83.5 Å². The van der Waals surface area contributed by atoms with Gasteiger partial charge in [-0.25, -0.2) is 0 Å². The fourth-order valence-corrected chi connectivity index (χ4v) is 3.33. The number of aromatic nitrogens is 3. The molecule has 168 valence electrons. The number of benzene rings is 1. The number of nitrogens with one attached hydrogen (secondary N) is 2. The Kier molecular flexibility index (Phi) is 10.5. The predicted octanol–water partition coefficient (Wildman–Crippen LogP) is 3.05. The van der Waals surface area contributed by atoms with Crippen LogP contribution in [0.25, 0.3) is 0 Å². The summed E-state index contributed by atoms with van der Waals surface area (Å²) >= 11 is 0. The van der Waals surface area contributed by atoms with Crippen molar-refractivity contribution in [2.24, 2.45) is 4.99 Å². The van der Waals surface area contributed by atoms with Gasteiger partial charge in [0.2, 0.25) is 0 Å². The Hall–Kier alpha value is -2.40. The van der Waals surface area contributed by atoms with Crippen LogP contribution in [0.3, 0.4) is 0 Å². The maximum atomic E-state index is 5.46. The molecule has 2 aromatic heterocycles. The molecule has 0 amide bonds. The second-order valence-corrected chi connectivity index (χ2v) is 7.17. The third kappa shape index (κ3) is 7.66. The third-order valence-electron chi connectivity index (χ3n) is 4.89. The van der Waals surface area contributed by atoms with Gasteiger partial charge in [-0.05, 0) is 30.3 Å².